The summed E-state index contributed by atoms with van der Waals surface area (Å²) >= 11 is 0. The molecule has 0 aromatic heterocycles. The monoisotopic (exact) mass is 336 g/mol. The van der Waals surface area contributed by atoms with Crippen LogP contribution in [0, 0.1) is 0 Å². The Kier molecular flexibility index (Phi) is 4.36. The van der Waals surface area contributed by atoms with Crippen molar-refractivity contribution < 1.29 is 9.90 Å². The van der Waals surface area contributed by atoms with Gasteiger partial charge < -0.3 is 0 Å². The third-order valence-corrected chi connectivity index (χ3v) is 11.2. The fourth-order valence-electron chi connectivity index (χ4n) is 3.61. The summed E-state index contributed by atoms with van der Waals surface area (Å²) in [7, 11) is 0. The van der Waals surface area contributed by atoms with Gasteiger partial charge in [-0.3, -0.25) is 0 Å². The van der Waals surface area contributed by atoms with Crippen molar-refractivity contribution in [1.29, 1.82) is 0 Å². The molecule has 1 N–H and O–H groups in total. The molecule has 0 saturated carbocycles. The van der Waals surface area contributed by atoms with Gasteiger partial charge in [0.05, 0.1) is 0 Å². The van der Waals surface area contributed by atoms with Gasteiger partial charge in [0.15, 0.2) is 0 Å². The van der Waals surface area contributed by atoms with Crippen LogP contribution >= 0.6 is 6.60 Å². The minimum atomic E-state index is -3.62. The summed E-state index contributed by atoms with van der Waals surface area (Å²) in [5.74, 6) is 0. The average Bonchev–Trinajstić information content (AvgIpc) is 2.66. The van der Waals surface area contributed by atoms with Crippen LogP contribution in [0.3, 0.4) is 0 Å². The van der Waals surface area contributed by atoms with Crippen LogP contribution in [0.2, 0.25) is 0 Å². The molecule has 24 heavy (non-hydrogen) atoms. The van der Waals surface area contributed by atoms with Crippen LogP contribution in [-0.4, -0.2) is 17.0 Å². The normalized spacial score (nSPS) is 13.0. The van der Waals surface area contributed by atoms with E-state index in [9.17, 15) is 9.90 Å². The van der Waals surface area contributed by atoms with Gasteiger partial charge in [0, 0.05) is 0 Å². The van der Waals surface area contributed by atoms with Crippen molar-refractivity contribution in [1.82, 2.24) is 0 Å². The average molecular weight is 336 g/mol. The topological polar surface area (TPSA) is 37.3 Å². The second kappa shape index (κ2) is 6.32. The SMILES string of the molecule is CC(=O)P(CO)(c1ccccc1)(c1ccccc1)c1ccccc1. The Labute approximate surface area is 142 Å². The third kappa shape index (κ3) is 2.07. The van der Waals surface area contributed by atoms with Gasteiger partial charge in [-0.2, -0.15) is 0 Å². The molecule has 0 aliphatic heterocycles. The fraction of sp³-hybridized carbons (Fsp3) is 0.0952. The van der Waals surface area contributed by atoms with Crippen molar-refractivity contribution in [2.75, 3.05) is 6.35 Å². The van der Waals surface area contributed by atoms with Crippen molar-refractivity contribution in [2.45, 2.75) is 6.92 Å². The first-order valence-electron chi connectivity index (χ1n) is 7.96. The van der Waals surface area contributed by atoms with Gasteiger partial charge in [0.2, 0.25) is 0 Å². The van der Waals surface area contributed by atoms with Crippen molar-refractivity contribution in [3.8, 4) is 0 Å². The number of hydrogen-bond acceptors (Lipinski definition) is 2. The molecular weight excluding hydrogens is 315 g/mol. The van der Waals surface area contributed by atoms with E-state index in [1.807, 2.05) is 91.0 Å². The van der Waals surface area contributed by atoms with E-state index in [-0.39, 0.29) is 11.9 Å². The quantitative estimate of drug-likeness (QED) is 0.727. The van der Waals surface area contributed by atoms with E-state index in [1.54, 1.807) is 6.92 Å². The van der Waals surface area contributed by atoms with Crippen LogP contribution in [0.5, 0.6) is 0 Å². The van der Waals surface area contributed by atoms with E-state index >= 15 is 0 Å². The van der Waals surface area contributed by atoms with Gasteiger partial charge in [0.1, 0.15) is 0 Å². The van der Waals surface area contributed by atoms with E-state index in [0.717, 1.165) is 15.9 Å². The Bertz CT molecular complexity index is 730. The molecule has 0 amide bonds. The number of hydrogen-bond donors (Lipinski definition) is 1. The molecular formula is C21H21O2P. The Hall–Kier alpha value is -2.28. The van der Waals surface area contributed by atoms with E-state index < -0.39 is 6.60 Å². The minimum absolute atomic E-state index is 0.0205. The summed E-state index contributed by atoms with van der Waals surface area (Å²) in [6, 6.07) is 29.2. The molecule has 0 unspecified atom stereocenters. The molecule has 0 fully saturated rings. The summed E-state index contributed by atoms with van der Waals surface area (Å²) in [4.78, 5) is 13.3. The number of rotatable bonds is 5. The molecule has 2 nitrogen and oxygen atoms in total. The number of carbonyl (C=O) groups is 1. The van der Waals surface area contributed by atoms with E-state index in [1.165, 1.54) is 0 Å². The van der Waals surface area contributed by atoms with Gasteiger partial charge in [-0.25, -0.2) is 0 Å². The van der Waals surface area contributed by atoms with Gasteiger partial charge in [-0.05, 0) is 0 Å². The van der Waals surface area contributed by atoms with Crippen molar-refractivity contribution in [3.63, 3.8) is 0 Å². The summed E-state index contributed by atoms with van der Waals surface area (Å²) in [6.07, 6.45) is -0.209. The molecule has 122 valence electrons. The Balaban J connectivity index is 2.55. The summed E-state index contributed by atoms with van der Waals surface area (Å²) in [6.45, 7) is -2.01. The van der Waals surface area contributed by atoms with Crippen LogP contribution in [0.4, 0.5) is 0 Å². The van der Waals surface area contributed by atoms with E-state index in [0.29, 0.717) is 0 Å². The molecule has 3 aromatic carbocycles. The van der Waals surface area contributed by atoms with Crippen molar-refractivity contribution >= 4 is 28.0 Å². The number of aliphatic hydroxyl groups excluding tert-OH is 1. The van der Waals surface area contributed by atoms with Crippen LogP contribution in [-0.2, 0) is 4.79 Å². The van der Waals surface area contributed by atoms with Crippen LogP contribution in [0.1, 0.15) is 6.92 Å². The maximum atomic E-state index is 13.3. The molecule has 0 aliphatic rings. The molecule has 0 spiro atoms. The van der Waals surface area contributed by atoms with Crippen LogP contribution in [0.15, 0.2) is 91.0 Å². The molecule has 0 saturated heterocycles. The van der Waals surface area contributed by atoms with Gasteiger partial charge in [-0.15, -0.1) is 0 Å². The number of carbonyl (C=O) groups excluding carboxylic acids is 1. The molecule has 0 aliphatic carbocycles. The summed E-state index contributed by atoms with van der Waals surface area (Å²) in [5, 5.41) is 13.5. The van der Waals surface area contributed by atoms with Crippen LogP contribution < -0.4 is 15.9 Å². The second-order valence-electron chi connectivity index (χ2n) is 5.97. The fourth-order valence-corrected chi connectivity index (χ4v) is 8.77. The zero-order valence-corrected chi connectivity index (χ0v) is 14.6. The van der Waals surface area contributed by atoms with Gasteiger partial charge in [0.25, 0.3) is 0 Å². The molecule has 0 radical (unpaired) electrons. The maximum absolute atomic E-state index is 13.3. The zero-order valence-electron chi connectivity index (χ0n) is 13.7. The number of benzene rings is 3. The second-order valence-corrected chi connectivity index (χ2v) is 11.0. The Morgan fingerprint density at radius 3 is 1.21 bits per heavy atom. The van der Waals surface area contributed by atoms with Gasteiger partial charge >= 0.3 is 142 Å². The first-order chi connectivity index (χ1) is 11.7. The van der Waals surface area contributed by atoms with E-state index in [2.05, 4.69) is 0 Å². The zero-order chi connectivity index (χ0) is 17.1. The van der Waals surface area contributed by atoms with Gasteiger partial charge in [-0.1, -0.05) is 0 Å². The first-order valence-corrected chi connectivity index (χ1v) is 10.4. The molecule has 0 bridgehead atoms. The predicted octanol–water partition coefficient (Wildman–Crippen LogP) is 3.01. The number of aliphatic hydroxyl groups is 1. The summed E-state index contributed by atoms with van der Waals surface area (Å²) in [5.41, 5.74) is 0.0205. The predicted molar refractivity (Wildman–Crippen MR) is 103 cm³/mol. The molecule has 3 rings (SSSR count). The summed E-state index contributed by atoms with van der Waals surface area (Å²) < 4.78 is 0. The third-order valence-electron chi connectivity index (χ3n) is 4.96. The standard InChI is InChI=1S/C21H21O2P/c1-18(23)24(17-22,19-11-5-2-6-12-19,20-13-7-3-8-14-20)21-15-9-4-10-16-21/h2-16,22H,17H2,1H3. The molecule has 0 atom stereocenters. The molecule has 0 heterocycles. The van der Waals surface area contributed by atoms with Crippen LogP contribution in [0.25, 0.3) is 0 Å². The molecule has 3 aromatic rings. The Morgan fingerprint density at radius 2 is 1.00 bits per heavy atom. The Morgan fingerprint density at radius 1 is 0.708 bits per heavy atom. The first kappa shape index (κ1) is 16.6. The van der Waals surface area contributed by atoms with E-state index in [4.69, 9.17) is 0 Å². The van der Waals surface area contributed by atoms with Crippen molar-refractivity contribution in [3.05, 3.63) is 91.0 Å². The molecule has 3 heteroatoms. The van der Waals surface area contributed by atoms with Crippen molar-refractivity contribution in [2.24, 2.45) is 0 Å².